The first-order valence-corrected chi connectivity index (χ1v) is 7.04. The summed E-state index contributed by atoms with van der Waals surface area (Å²) in [6, 6.07) is 1.12. The summed E-state index contributed by atoms with van der Waals surface area (Å²) in [7, 11) is 0. The van der Waals surface area contributed by atoms with Crippen molar-refractivity contribution in [2.45, 2.75) is 44.7 Å². The molecule has 3 atom stereocenters. The molecule has 1 fully saturated rings. The molecule has 98 valence electrons. The Morgan fingerprint density at radius 3 is 3.12 bits per heavy atom. The van der Waals surface area contributed by atoms with Crippen LogP contribution in [0.4, 0.5) is 0 Å². The molecule has 2 rings (SSSR count). The molecule has 0 amide bonds. The third kappa shape index (κ3) is 4.78. The third-order valence-electron chi connectivity index (χ3n) is 3.77. The highest BCUT2D eigenvalue weighted by molar-refractivity contribution is 4.91. The Morgan fingerprint density at radius 2 is 2.41 bits per heavy atom. The Morgan fingerprint density at radius 1 is 1.47 bits per heavy atom. The first-order chi connectivity index (χ1) is 8.34. The van der Waals surface area contributed by atoms with E-state index in [2.05, 4.69) is 29.7 Å². The zero-order valence-corrected chi connectivity index (χ0v) is 11.0. The van der Waals surface area contributed by atoms with Gasteiger partial charge in [-0.25, -0.2) is 0 Å². The lowest BCUT2D eigenvalue weighted by atomic mass is 9.94. The summed E-state index contributed by atoms with van der Waals surface area (Å²) in [4.78, 5) is 0. The number of allylic oxidation sites excluding steroid dienone is 2. The van der Waals surface area contributed by atoms with Crippen LogP contribution in [0.5, 0.6) is 0 Å². The monoisotopic (exact) mass is 238 g/mol. The summed E-state index contributed by atoms with van der Waals surface area (Å²) < 4.78 is 5.48. The molecule has 0 spiro atoms. The van der Waals surface area contributed by atoms with Gasteiger partial charge in [-0.15, -0.1) is 0 Å². The Bertz CT molecular complexity index is 236. The van der Waals surface area contributed by atoms with Crippen LogP contribution < -0.4 is 10.6 Å². The van der Waals surface area contributed by atoms with Gasteiger partial charge in [0.05, 0.1) is 13.2 Å². The summed E-state index contributed by atoms with van der Waals surface area (Å²) in [5.74, 6) is 0.845. The van der Waals surface area contributed by atoms with Gasteiger partial charge in [-0.1, -0.05) is 12.2 Å². The zero-order chi connectivity index (χ0) is 11.9. The van der Waals surface area contributed by atoms with Crippen molar-refractivity contribution in [3.05, 3.63) is 12.2 Å². The molecule has 0 radical (unpaired) electrons. The molecule has 1 aliphatic carbocycles. The largest absolute Gasteiger partial charge is 0.379 e. The number of rotatable bonds is 5. The Labute approximate surface area is 105 Å². The average molecular weight is 238 g/mol. The number of nitrogens with one attached hydrogen (secondary N) is 2. The molecule has 2 N–H and O–H groups in total. The molecule has 1 saturated heterocycles. The second-order valence-corrected chi connectivity index (χ2v) is 5.42. The third-order valence-corrected chi connectivity index (χ3v) is 3.77. The van der Waals surface area contributed by atoms with Crippen molar-refractivity contribution < 1.29 is 4.74 Å². The molecule has 0 aromatic carbocycles. The molecule has 0 aromatic heterocycles. The van der Waals surface area contributed by atoms with Gasteiger partial charge in [0, 0.05) is 18.6 Å². The van der Waals surface area contributed by atoms with E-state index in [1.54, 1.807) is 0 Å². The molecule has 3 heteroatoms. The standard InChI is InChI=1S/C14H26N2O/c1-12(9-14-11-17-8-7-15-14)16-10-13-5-3-2-4-6-13/h2-3,12-16H,4-11H2,1H3. The fourth-order valence-corrected chi connectivity index (χ4v) is 2.69. The maximum Gasteiger partial charge on any atom is 0.0620 e. The minimum atomic E-state index is 0.539. The molecule has 0 aromatic rings. The molecule has 2 aliphatic rings. The second-order valence-electron chi connectivity index (χ2n) is 5.42. The van der Waals surface area contributed by atoms with E-state index >= 15 is 0 Å². The van der Waals surface area contributed by atoms with Gasteiger partial charge in [0.2, 0.25) is 0 Å². The number of hydrogen-bond acceptors (Lipinski definition) is 3. The normalized spacial score (nSPS) is 31.4. The van der Waals surface area contributed by atoms with Gasteiger partial charge in [0.15, 0.2) is 0 Å². The van der Waals surface area contributed by atoms with Crippen molar-refractivity contribution in [3.8, 4) is 0 Å². The van der Waals surface area contributed by atoms with E-state index in [9.17, 15) is 0 Å². The van der Waals surface area contributed by atoms with Gasteiger partial charge in [0.1, 0.15) is 0 Å². The maximum absolute atomic E-state index is 5.48. The van der Waals surface area contributed by atoms with Gasteiger partial charge < -0.3 is 15.4 Å². The minimum Gasteiger partial charge on any atom is -0.379 e. The first-order valence-electron chi connectivity index (χ1n) is 7.04. The molecule has 1 aliphatic heterocycles. The molecule has 3 unspecified atom stereocenters. The van der Waals surface area contributed by atoms with Crippen LogP contribution in [0.15, 0.2) is 12.2 Å². The first kappa shape index (κ1) is 13.1. The van der Waals surface area contributed by atoms with Gasteiger partial charge in [-0.05, 0) is 45.1 Å². The SMILES string of the molecule is CC(CC1COCCN1)NCC1CC=CCC1. The van der Waals surface area contributed by atoms with Crippen LogP contribution in [0.3, 0.4) is 0 Å². The summed E-state index contributed by atoms with van der Waals surface area (Å²) in [5, 5.41) is 7.18. The smallest absolute Gasteiger partial charge is 0.0620 e. The van der Waals surface area contributed by atoms with Crippen molar-refractivity contribution in [2.75, 3.05) is 26.3 Å². The van der Waals surface area contributed by atoms with E-state index in [0.29, 0.717) is 12.1 Å². The lowest BCUT2D eigenvalue weighted by Gasteiger charge is -2.28. The molecule has 0 saturated carbocycles. The van der Waals surface area contributed by atoms with E-state index in [4.69, 9.17) is 4.74 Å². The van der Waals surface area contributed by atoms with Crippen LogP contribution in [-0.2, 0) is 4.74 Å². The van der Waals surface area contributed by atoms with Gasteiger partial charge >= 0.3 is 0 Å². The fourth-order valence-electron chi connectivity index (χ4n) is 2.69. The van der Waals surface area contributed by atoms with E-state index in [1.165, 1.54) is 32.2 Å². The summed E-state index contributed by atoms with van der Waals surface area (Å²) in [6.07, 6.45) is 9.67. The number of morpholine rings is 1. The quantitative estimate of drug-likeness (QED) is 0.715. The predicted molar refractivity (Wildman–Crippen MR) is 71.2 cm³/mol. The Kier molecular flexibility index (Phi) is 5.49. The van der Waals surface area contributed by atoms with E-state index in [-0.39, 0.29) is 0 Å². The topological polar surface area (TPSA) is 33.3 Å². The van der Waals surface area contributed by atoms with Crippen molar-refractivity contribution in [3.63, 3.8) is 0 Å². The summed E-state index contributed by atoms with van der Waals surface area (Å²) in [5.41, 5.74) is 0. The van der Waals surface area contributed by atoms with E-state index in [1.807, 2.05) is 0 Å². The Hall–Kier alpha value is -0.380. The van der Waals surface area contributed by atoms with Crippen molar-refractivity contribution in [1.82, 2.24) is 10.6 Å². The van der Waals surface area contributed by atoms with Crippen molar-refractivity contribution in [2.24, 2.45) is 5.92 Å². The van der Waals surface area contributed by atoms with Crippen LogP contribution in [-0.4, -0.2) is 38.4 Å². The fraction of sp³-hybridized carbons (Fsp3) is 0.857. The van der Waals surface area contributed by atoms with Gasteiger partial charge in [0.25, 0.3) is 0 Å². The maximum atomic E-state index is 5.48. The van der Waals surface area contributed by atoms with Crippen LogP contribution >= 0.6 is 0 Å². The average Bonchev–Trinajstić information content (AvgIpc) is 2.39. The molecular weight excluding hydrogens is 212 g/mol. The summed E-state index contributed by atoms with van der Waals surface area (Å²) in [6.45, 7) is 6.20. The predicted octanol–water partition coefficient (Wildman–Crippen LogP) is 1.70. The van der Waals surface area contributed by atoms with E-state index in [0.717, 1.165) is 25.7 Å². The molecule has 1 heterocycles. The van der Waals surface area contributed by atoms with Crippen LogP contribution in [0.2, 0.25) is 0 Å². The van der Waals surface area contributed by atoms with Crippen LogP contribution in [0.25, 0.3) is 0 Å². The van der Waals surface area contributed by atoms with Crippen molar-refractivity contribution in [1.29, 1.82) is 0 Å². The van der Waals surface area contributed by atoms with Crippen LogP contribution in [0, 0.1) is 5.92 Å². The van der Waals surface area contributed by atoms with Gasteiger partial charge in [-0.2, -0.15) is 0 Å². The molecule has 17 heavy (non-hydrogen) atoms. The molecule has 0 bridgehead atoms. The zero-order valence-electron chi connectivity index (χ0n) is 11.0. The lowest BCUT2D eigenvalue weighted by molar-refractivity contribution is 0.0710. The second kappa shape index (κ2) is 7.14. The molecule has 3 nitrogen and oxygen atoms in total. The molecular formula is C14H26N2O. The Balaban J connectivity index is 1.59. The highest BCUT2D eigenvalue weighted by Crippen LogP contribution is 2.17. The number of hydrogen-bond donors (Lipinski definition) is 2. The van der Waals surface area contributed by atoms with Crippen LogP contribution in [0.1, 0.15) is 32.6 Å². The van der Waals surface area contributed by atoms with E-state index < -0.39 is 0 Å². The lowest BCUT2D eigenvalue weighted by Crippen LogP contribution is -2.45. The van der Waals surface area contributed by atoms with Crippen molar-refractivity contribution >= 4 is 0 Å². The summed E-state index contributed by atoms with van der Waals surface area (Å²) >= 11 is 0. The highest BCUT2D eigenvalue weighted by atomic mass is 16.5. The number of ether oxygens (including phenoxy) is 1. The van der Waals surface area contributed by atoms with Gasteiger partial charge in [-0.3, -0.25) is 0 Å². The highest BCUT2D eigenvalue weighted by Gasteiger charge is 2.17. The minimum absolute atomic E-state index is 0.539.